The molecule has 248 valence electrons. The Morgan fingerprint density at radius 2 is 1.78 bits per heavy atom. The van der Waals surface area contributed by atoms with Gasteiger partial charge in [0.25, 0.3) is 0 Å². The molecular weight excluding hydrogens is 622 g/mol. The van der Waals surface area contributed by atoms with E-state index in [1.165, 1.54) is 11.8 Å². The van der Waals surface area contributed by atoms with Gasteiger partial charge in [-0.05, 0) is 109 Å². The van der Waals surface area contributed by atoms with Crippen LogP contribution in [0, 0.1) is 6.92 Å². The van der Waals surface area contributed by atoms with Gasteiger partial charge >= 0.3 is 0 Å². The number of hydrogen-bond donors (Lipinski definition) is 1. The first-order valence-corrected chi connectivity index (χ1v) is 18.0. The number of nitrogens with two attached hydrogens (primary N) is 1. The van der Waals surface area contributed by atoms with Crippen molar-refractivity contribution < 1.29 is 17.9 Å². The summed E-state index contributed by atoms with van der Waals surface area (Å²) in [6.45, 7) is 15.6. The minimum absolute atomic E-state index is 0.0879. The molecule has 3 aromatic rings. The maximum Gasteiger partial charge on any atom is 0.236 e. The number of rotatable bonds is 9. The molecular formula is C35H46ClN5O4S. The predicted octanol–water partition coefficient (Wildman–Crippen LogP) is 7.50. The number of sulfone groups is 1. The average Bonchev–Trinajstić information content (AvgIpc) is 3.00. The van der Waals surface area contributed by atoms with Gasteiger partial charge < -0.3 is 15.2 Å². The standard InChI is InChI=1S/C35H46ClN5O4S/c1-21(2)45-32-19-28(26-17-24(6)40(25(7)18-26)27-12-14-44-15-13-27)23(5)16-31(32)41(35-38-20-29(36)34(37)39-35)30-10-8-9-11-33(30)46(42,43)22(3)4/h8-11,16-17,19-22,24-25,27H,12-15,18H2,1-7H3,(H2,37,38,39)/t24-,25-/m0/s1. The van der Waals surface area contributed by atoms with Crippen LogP contribution in [0.15, 0.2) is 53.6 Å². The van der Waals surface area contributed by atoms with Crippen molar-refractivity contribution in [3.05, 3.63) is 64.8 Å². The Labute approximate surface area is 278 Å². The molecule has 2 aromatic carbocycles. The summed E-state index contributed by atoms with van der Waals surface area (Å²) in [4.78, 5) is 13.5. The van der Waals surface area contributed by atoms with Crippen molar-refractivity contribution in [3.8, 4) is 5.75 Å². The maximum atomic E-state index is 13.7. The first kappa shape index (κ1) is 34.2. The van der Waals surface area contributed by atoms with E-state index >= 15 is 0 Å². The van der Waals surface area contributed by atoms with Crippen molar-refractivity contribution in [1.29, 1.82) is 0 Å². The van der Waals surface area contributed by atoms with E-state index in [-0.39, 0.29) is 33.8 Å². The maximum absolute atomic E-state index is 13.7. The van der Waals surface area contributed by atoms with Gasteiger partial charge in [0.15, 0.2) is 9.84 Å². The molecule has 0 amide bonds. The first-order chi connectivity index (χ1) is 21.8. The number of anilines is 4. The van der Waals surface area contributed by atoms with E-state index in [2.05, 4.69) is 47.8 Å². The molecule has 0 bridgehead atoms. The molecule has 1 saturated heterocycles. The highest BCUT2D eigenvalue weighted by Gasteiger charge is 2.34. The fourth-order valence-corrected chi connectivity index (χ4v) is 7.97. The smallest absolute Gasteiger partial charge is 0.236 e. The van der Waals surface area contributed by atoms with Crippen LogP contribution in [0.25, 0.3) is 5.57 Å². The fourth-order valence-electron chi connectivity index (χ4n) is 6.65. The number of para-hydroxylation sites is 1. The van der Waals surface area contributed by atoms with Crippen molar-refractivity contribution >= 4 is 50.2 Å². The van der Waals surface area contributed by atoms with E-state index in [0.29, 0.717) is 29.2 Å². The van der Waals surface area contributed by atoms with Gasteiger partial charge in [-0.25, -0.2) is 13.4 Å². The third-order valence-electron chi connectivity index (χ3n) is 8.80. The van der Waals surface area contributed by atoms with Gasteiger partial charge in [0, 0.05) is 31.3 Å². The topological polar surface area (TPSA) is 111 Å². The summed E-state index contributed by atoms with van der Waals surface area (Å²) in [5.74, 6) is 0.850. The van der Waals surface area contributed by atoms with Crippen LogP contribution in [0.1, 0.15) is 71.9 Å². The van der Waals surface area contributed by atoms with Crippen LogP contribution in [0.5, 0.6) is 5.75 Å². The van der Waals surface area contributed by atoms with Crippen molar-refractivity contribution in [1.82, 2.24) is 14.9 Å². The van der Waals surface area contributed by atoms with Crippen LogP contribution in [0.3, 0.4) is 0 Å². The lowest BCUT2D eigenvalue weighted by Gasteiger charge is -2.45. The second kappa shape index (κ2) is 13.9. The second-order valence-corrected chi connectivity index (χ2v) is 15.8. The van der Waals surface area contributed by atoms with Crippen molar-refractivity contribution in [2.24, 2.45) is 0 Å². The van der Waals surface area contributed by atoms with Gasteiger partial charge in [-0.2, -0.15) is 4.98 Å². The summed E-state index contributed by atoms with van der Waals surface area (Å²) >= 11 is 6.23. The van der Waals surface area contributed by atoms with Crippen molar-refractivity contribution in [3.63, 3.8) is 0 Å². The SMILES string of the molecule is Cc1cc(N(c2ncc(Cl)c(N)n2)c2ccccc2S(=O)(=O)C(C)C)c(OC(C)C)cc1C1=C[C@H](C)N(C2CCOCC2)[C@@H](C)C1. The molecule has 2 N–H and O–H groups in total. The van der Waals surface area contributed by atoms with Crippen molar-refractivity contribution in [2.75, 3.05) is 23.8 Å². The number of hydrogen-bond acceptors (Lipinski definition) is 9. The summed E-state index contributed by atoms with van der Waals surface area (Å²) in [6.07, 6.45) is 6.65. The number of halogens is 1. The highest BCUT2D eigenvalue weighted by Crippen LogP contribution is 2.46. The lowest BCUT2D eigenvalue weighted by molar-refractivity contribution is 0.00901. The van der Waals surface area contributed by atoms with Crippen LogP contribution in [0.4, 0.5) is 23.1 Å². The van der Waals surface area contributed by atoms with Crippen LogP contribution in [0.2, 0.25) is 5.02 Å². The fraction of sp³-hybridized carbons (Fsp3) is 0.486. The van der Waals surface area contributed by atoms with E-state index in [0.717, 1.165) is 43.6 Å². The molecule has 1 fully saturated rings. The molecule has 2 atom stereocenters. The lowest BCUT2D eigenvalue weighted by atomic mass is 9.87. The lowest BCUT2D eigenvalue weighted by Crippen LogP contribution is -2.50. The summed E-state index contributed by atoms with van der Waals surface area (Å²) in [5, 5.41) is -0.440. The Morgan fingerprint density at radius 3 is 2.41 bits per heavy atom. The normalized spacial score (nSPS) is 19.8. The molecule has 3 heterocycles. The summed E-state index contributed by atoms with van der Waals surface area (Å²) < 4.78 is 39.5. The number of aromatic nitrogens is 2. The Kier molecular flexibility index (Phi) is 10.3. The zero-order chi connectivity index (χ0) is 33.3. The van der Waals surface area contributed by atoms with Gasteiger partial charge in [-0.15, -0.1) is 0 Å². The molecule has 5 rings (SSSR count). The molecule has 9 nitrogen and oxygen atoms in total. The van der Waals surface area contributed by atoms with Gasteiger partial charge in [-0.3, -0.25) is 9.80 Å². The van der Waals surface area contributed by atoms with E-state index in [1.807, 2.05) is 19.9 Å². The molecule has 11 heteroatoms. The van der Waals surface area contributed by atoms with Crippen LogP contribution in [-0.2, 0) is 14.6 Å². The van der Waals surface area contributed by atoms with Gasteiger partial charge in [0.05, 0.1) is 33.8 Å². The van der Waals surface area contributed by atoms with Crippen LogP contribution >= 0.6 is 11.6 Å². The third-order valence-corrected chi connectivity index (χ3v) is 11.3. The molecule has 0 radical (unpaired) electrons. The van der Waals surface area contributed by atoms with E-state index in [9.17, 15) is 8.42 Å². The van der Waals surface area contributed by atoms with Gasteiger partial charge in [-0.1, -0.05) is 29.8 Å². The van der Waals surface area contributed by atoms with Crippen molar-refractivity contribution in [2.45, 2.75) is 102 Å². The third kappa shape index (κ3) is 6.90. The summed E-state index contributed by atoms with van der Waals surface area (Å²) in [5.41, 5.74) is 10.6. The number of nitrogens with zero attached hydrogens (tertiary/aromatic N) is 4. The first-order valence-electron chi connectivity index (χ1n) is 16.1. The van der Waals surface area contributed by atoms with Gasteiger partial charge in [0.1, 0.15) is 16.6 Å². The van der Waals surface area contributed by atoms with Gasteiger partial charge in [0.2, 0.25) is 5.95 Å². The molecule has 2 aliphatic rings. The number of benzene rings is 2. The zero-order valence-corrected chi connectivity index (χ0v) is 29.4. The predicted molar refractivity (Wildman–Crippen MR) is 186 cm³/mol. The van der Waals surface area contributed by atoms with E-state index < -0.39 is 15.1 Å². The summed E-state index contributed by atoms with van der Waals surface area (Å²) in [7, 11) is -3.70. The van der Waals surface area contributed by atoms with E-state index in [4.69, 9.17) is 26.8 Å². The Balaban J connectivity index is 1.69. The molecule has 0 saturated carbocycles. The number of ether oxygens (including phenoxy) is 2. The highest BCUT2D eigenvalue weighted by atomic mass is 35.5. The summed E-state index contributed by atoms with van der Waals surface area (Å²) in [6, 6.07) is 12.1. The Bertz CT molecular complexity index is 1700. The Hall–Kier alpha value is -3.18. The molecule has 1 aromatic heterocycles. The highest BCUT2D eigenvalue weighted by molar-refractivity contribution is 7.92. The Morgan fingerprint density at radius 1 is 1.09 bits per heavy atom. The number of aryl methyl sites for hydroxylation is 1. The quantitative estimate of drug-likeness (QED) is 0.248. The molecule has 0 spiro atoms. The van der Waals surface area contributed by atoms with E-state index in [1.54, 1.807) is 43.0 Å². The largest absolute Gasteiger partial charge is 0.489 e. The zero-order valence-electron chi connectivity index (χ0n) is 27.8. The second-order valence-electron chi connectivity index (χ2n) is 12.9. The molecule has 0 aliphatic carbocycles. The minimum Gasteiger partial charge on any atom is -0.489 e. The molecule has 46 heavy (non-hydrogen) atoms. The minimum atomic E-state index is -3.70. The van der Waals surface area contributed by atoms with Crippen LogP contribution < -0.4 is 15.4 Å². The molecule has 0 unspecified atom stereocenters. The monoisotopic (exact) mass is 667 g/mol. The average molecular weight is 668 g/mol. The number of nitrogen functional groups attached to an aromatic ring is 1. The van der Waals surface area contributed by atoms with Crippen LogP contribution in [-0.4, -0.2) is 66.0 Å². The molecule has 2 aliphatic heterocycles.